The lowest BCUT2D eigenvalue weighted by molar-refractivity contribution is -0.178. The van der Waals surface area contributed by atoms with E-state index in [0.717, 1.165) is 27.7 Å². The van der Waals surface area contributed by atoms with Crippen LogP contribution in [0.2, 0.25) is 0 Å². The molecule has 1 rings (SSSR count). The molecule has 0 aliphatic carbocycles. The Morgan fingerprint density at radius 3 is 1.29 bits per heavy atom. The van der Waals surface area contributed by atoms with Crippen LogP contribution < -0.4 is 0 Å². The van der Waals surface area contributed by atoms with E-state index in [2.05, 4.69) is 0 Å². The van der Waals surface area contributed by atoms with Gasteiger partial charge in [0.15, 0.2) is 18.3 Å². The van der Waals surface area contributed by atoms with Gasteiger partial charge in [-0.15, -0.1) is 0 Å². The van der Waals surface area contributed by atoms with Gasteiger partial charge < -0.3 is 39.4 Å². The van der Waals surface area contributed by atoms with E-state index in [9.17, 15) is 14.4 Å². The van der Waals surface area contributed by atoms with Crippen LogP contribution >= 0.6 is 0 Å². The number of aliphatic carboxylic acids is 4. The second-order valence-corrected chi connectivity index (χ2v) is 6.03. The quantitative estimate of drug-likeness (QED) is 0.299. The molecule has 3 atom stereocenters. The summed E-state index contributed by atoms with van der Waals surface area (Å²) in [6.07, 6.45) is 0.435. The van der Waals surface area contributed by atoms with Crippen molar-refractivity contribution in [2.75, 3.05) is 6.61 Å². The molecule has 15 heteroatoms. The number of carboxylic acid groups (broad SMARTS) is 4. The Kier molecular flexibility index (Phi) is 25.0. The van der Waals surface area contributed by atoms with E-state index >= 15 is 0 Å². The Morgan fingerprint density at radius 2 is 1.00 bits per heavy atom. The molecule has 0 fully saturated rings. The highest BCUT2D eigenvalue weighted by molar-refractivity contribution is 5.68. The number of esters is 3. The van der Waals surface area contributed by atoms with Crippen LogP contribution in [-0.2, 0) is 52.5 Å². The Hall–Kier alpha value is -4.17. The molecule has 1 heterocycles. The van der Waals surface area contributed by atoms with Crippen LogP contribution in [0.1, 0.15) is 48.5 Å². The molecule has 0 aromatic heterocycles. The first-order valence-electron chi connectivity index (χ1n) is 9.41. The SMILES string of the molecule is CC(=O)O.CC(=O)O.CC(=O)O.CC(=O)O.CC(=O)OC[C@H]1OC=C[C@@H](OC(C)=O)[C@H]1OC(C)=O. The predicted molar refractivity (Wildman–Crippen MR) is 115 cm³/mol. The maximum atomic E-state index is 11.1. The van der Waals surface area contributed by atoms with Gasteiger partial charge >= 0.3 is 17.9 Å². The minimum absolute atomic E-state index is 0.102. The molecule has 1 aliphatic heterocycles. The average Bonchev–Trinajstić information content (AvgIpc) is 2.59. The number of carboxylic acids is 4. The lowest BCUT2D eigenvalue weighted by atomic mass is 10.1. The summed E-state index contributed by atoms with van der Waals surface area (Å²) in [5, 5.41) is 29.7. The highest BCUT2D eigenvalue weighted by atomic mass is 16.6. The van der Waals surface area contributed by atoms with E-state index in [-0.39, 0.29) is 6.61 Å². The average molecular weight is 512 g/mol. The zero-order chi connectivity index (χ0) is 28.7. The van der Waals surface area contributed by atoms with E-state index in [4.69, 9.17) is 58.6 Å². The number of rotatable bonds is 4. The molecule has 0 unspecified atom stereocenters. The molecule has 35 heavy (non-hydrogen) atoms. The molecule has 0 radical (unpaired) electrons. The molecule has 0 spiro atoms. The number of hydrogen-bond donors (Lipinski definition) is 4. The fourth-order valence-electron chi connectivity index (χ4n) is 1.59. The van der Waals surface area contributed by atoms with Crippen molar-refractivity contribution in [3.63, 3.8) is 0 Å². The van der Waals surface area contributed by atoms with Crippen LogP contribution in [0.4, 0.5) is 0 Å². The molecule has 15 nitrogen and oxygen atoms in total. The molecule has 4 N–H and O–H groups in total. The molecule has 1 aliphatic rings. The van der Waals surface area contributed by atoms with Crippen molar-refractivity contribution in [1.29, 1.82) is 0 Å². The van der Waals surface area contributed by atoms with Gasteiger partial charge in [-0.25, -0.2) is 0 Å². The summed E-state index contributed by atoms with van der Waals surface area (Å²) in [7, 11) is 0. The monoisotopic (exact) mass is 512 g/mol. The maximum Gasteiger partial charge on any atom is 0.303 e. The standard InChI is InChI=1S/C12H16O7.4C2H4O2/c1-7(13)17-6-11-12(19-9(3)15)10(4-5-16-11)18-8(2)14;4*1-2(3)4/h4-5,10-12H,6H2,1-3H3;4*1H3,(H,3,4)/t10-,11-,12-;;;;/m1..../s1. The molecule has 0 aromatic carbocycles. The summed E-state index contributed by atoms with van der Waals surface area (Å²) < 4.78 is 20.1. The molecular weight excluding hydrogens is 480 g/mol. The van der Waals surface area contributed by atoms with Crippen LogP contribution in [0, 0.1) is 0 Å². The summed E-state index contributed by atoms with van der Waals surface area (Å²) in [6.45, 7) is 7.96. The maximum absolute atomic E-state index is 11.1. The zero-order valence-corrected chi connectivity index (χ0v) is 20.4. The Balaban J connectivity index is -0.000000244. The topological polar surface area (TPSA) is 237 Å². The minimum atomic E-state index is -0.856. The van der Waals surface area contributed by atoms with E-state index in [1.54, 1.807) is 0 Å². The Bertz CT molecular complexity index is 662. The zero-order valence-electron chi connectivity index (χ0n) is 20.4. The smallest absolute Gasteiger partial charge is 0.303 e. The largest absolute Gasteiger partial charge is 0.491 e. The van der Waals surface area contributed by atoms with Crippen molar-refractivity contribution in [2.45, 2.75) is 66.8 Å². The number of hydrogen-bond acceptors (Lipinski definition) is 11. The molecule has 0 saturated carbocycles. The molecule has 0 bridgehead atoms. The van der Waals surface area contributed by atoms with Crippen molar-refractivity contribution in [2.24, 2.45) is 0 Å². The van der Waals surface area contributed by atoms with Crippen LogP contribution in [0.25, 0.3) is 0 Å². The third-order valence-electron chi connectivity index (χ3n) is 2.27. The summed E-state index contributed by atoms with van der Waals surface area (Å²) in [4.78, 5) is 68.9. The lowest BCUT2D eigenvalue weighted by Gasteiger charge is -2.32. The first kappa shape index (κ1) is 38.1. The third-order valence-corrected chi connectivity index (χ3v) is 2.27. The van der Waals surface area contributed by atoms with Gasteiger partial charge in [0.05, 0.1) is 6.26 Å². The fourth-order valence-corrected chi connectivity index (χ4v) is 1.59. The van der Waals surface area contributed by atoms with Gasteiger partial charge in [0.1, 0.15) is 6.61 Å². The summed E-state index contributed by atoms with van der Waals surface area (Å²) in [5.74, 6) is -4.88. The lowest BCUT2D eigenvalue weighted by Crippen LogP contribution is -2.47. The van der Waals surface area contributed by atoms with Crippen molar-refractivity contribution in [3.8, 4) is 0 Å². The van der Waals surface area contributed by atoms with Crippen LogP contribution in [-0.4, -0.2) is 87.1 Å². The number of carbonyl (C=O) groups excluding carboxylic acids is 3. The van der Waals surface area contributed by atoms with Gasteiger partial charge in [-0.1, -0.05) is 0 Å². The van der Waals surface area contributed by atoms with Crippen molar-refractivity contribution in [1.82, 2.24) is 0 Å². The molecular formula is C20H32O15. The van der Waals surface area contributed by atoms with E-state index in [1.165, 1.54) is 33.1 Å². The molecule has 0 saturated heterocycles. The van der Waals surface area contributed by atoms with E-state index in [0.29, 0.717) is 0 Å². The van der Waals surface area contributed by atoms with Gasteiger partial charge in [-0.05, 0) is 6.08 Å². The van der Waals surface area contributed by atoms with E-state index < -0.39 is 60.1 Å². The minimum Gasteiger partial charge on any atom is -0.491 e. The van der Waals surface area contributed by atoms with Crippen molar-refractivity contribution < 1.29 is 72.9 Å². The van der Waals surface area contributed by atoms with Gasteiger partial charge in [0.2, 0.25) is 0 Å². The van der Waals surface area contributed by atoms with E-state index in [1.807, 2.05) is 0 Å². The van der Waals surface area contributed by atoms with Crippen LogP contribution in [0.15, 0.2) is 12.3 Å². The summed E-state index contributed by atoms with van der Waals surface area (Å²) in [5.41, 5.74) is 0. The second-order valence-electron chi connectivity index (χ2n) is 6.03. The van der Waals surface area contributed by atoms with Gasteiger partial charge in [0, 0.05) is 48.5 Å². The highest BCUT2D eigenvalue weighted by Gasteiger charge is 2.37. The highest BCUT2D eigenvalue weighted by Crippen LogP contribution is 2.19. The van der Waals surface area contributed by atoms with Crippen LogP contribution in [0.5, 0.6) is 0 Å². The molecule has 0 aromatic rings. The van der Waals surface area contributed by atoms with Gasteiger partial charge in [-0.3, -0.25) is 33.6 Å². The van der Waals surface area contributed by atoms with Gasteiger partial charge in [0.25, 0.3) is 23.9 Å². The third kappa shape index (κ3) is 44.3. The van der Waals surface area contributed by atoms with Crippen LogP contribution in [0.3, 0.4) is 0 Å². The predicted octanol–water partition coefficient (Wildman–Crippen LogP) is 0.689. The molecule has 0 amide bonds. The molecule has 202 valence electrons. The normalized spacial score (nSPS) is 16.5. The number of carbonyl (C=O) groups is 7. The fraction of sp³-hybridized carbons (Fsp3) is 0.550. The second kappa shape index (κ2) is 23.0. The first-order chi connectivity index (χ1) is 15.8. The summed E-state index contributed by atoms with van der Waals surface area (Å²) >= 11 is 0. The Morgan fingerprint density at radius 1 is 0.657 bits per heavy atom. The van der Waals surface area contributed by atoms with Crippen molar-refractivity contribution >= 4 is 41.8 Å². The van der Waals surface area contributed by atoms with Gasteiger partial charge in [-0.2, -0.15) is 0 Å². The Labute approximate surface area is 201 Å². The summed E-state index contributed by atoms with van der Waals surface area (Å²) in [6, 6.07) is 0. The first-order valence-corrected chi connectivity index (χ1v) is 9.41. The number of ether oxygens (including phenoxy) is 4. The van der Waals surface area contributed by atoms with Crippen molar-refractivity contribution in [3.05, 3.63) is 12.3 Å².